The molecule has 0 spiro atoms. The maximum absolute atomic E-state index is 4.77. The van der Waals surface area contributed by atoms with E-state index in [2.05, 4.69) is 30.7 Å². The number of benzene rings is 5. The van der Waals surface area contributed by atoms with E-state index in [0.717, 1.165) is 49.9 Å². The van der Waals surface area contributed by atoms with Gasteiger partial charge in [-0.1, -0.05) is 66.7 Å². The van der Waals surface area contributed by atoms with Crippen LogP contribution in [0, 0.1) is 20.8 Å². The smallest absolute Gasteiger partial charge is 0.654 e. The van der Waals surface area contributed by atoms with Crippen molar-refractivity contribution in [1.82, 2.24) is 9.97 Å². The Morgan fingerprint density at radius 2 is 0.698 bits per heavy atom. The number of fused-ring (bicyclic) bond motifs is 2. The predicted octanol–water partition coefficient (Wildman–Crippen LogP) is 10.7. The normalized spacial score (nSPS) is 9.49. The number of rotatable bonds is 2. The zero-order valence-corrected chi connectivity index (χ0v) is 27.6. The molecule has 0 aliphatic heterocycles. The standard InChI is InChI=1S/C18H12N3.3C7H7.Hf/c1-5-13-7-3-11-19-17(13)15(9-1)21-16-10-2-6-14-8-4-12-20-18(14)16;3*1-7-5-3-2-4-6-7;/h1-12H;3*2-6H,1H2;/q4*-1;+4. The van der Waals surface area contributed by atoms with Crippen LogP contribution in [0.1, 0.15) is 16.7 Å². The van der Waals surface area contributed by atoms with Gasteiger partial charge in [0.05, 0.1) is 11.0 Å². The molecule has 43 heavy (non-hydrogen) atoms. The summed E-state index contributed by atoms with van der Waals surface area (Å²) in [5.41, 5.74) is 6.77. The maximum Gasteiger partial charge on any atom is 4.00 e. The molecule has 0 saturated heterocycles. The first-order valence-electron chi connectivity index (χ1n) is 13.6. The molecule has 2 heterocycles. The summed E-state index contributed by atoms with van der Waals surface area (Å²) in [6.45, 7) is 11.2. The monoisotopic (exact) mass is 723 g/mol. The van der Waals surface area contributed by atoms with Crippen molar-refractivity contribution in [2.75, 3.05) is 0 Å². The third-order valence-corrected chi connectivity index (χ3v) is 5.99. The van der Waals surface area contributed by atoms with Gasteiger partial charge in [0.1, 0.15) is 0 Å². The molecule has 4 heteroatoms. The van der Waals surface area contributed by atoms with Crippen molar-refractivity contribution in [2.24, 2.45) is 0 Å². The summed E-state index contributed by atoms with van der Waals surface area (Å²) in [6, 6.07) is 49.6. The fourth-order valence-electron chi connectivity index (χ4n) is 3.92. The van der Waals surface area contributed by atoms with Gasteiger partial charge in [0.15, 0.2) is 0 Å². The SMILES string of the molecule is [CH2-]c1ccccc1.[CH2-]c1ccccc1.[CH2-]c1ccccc1.[Hf+4].c1cnc2c([N-]c3cccc4cccnc34)cccc2c1. The van der Waals surface area contributed by atoms with Crippen LogP contribution in [-0.4, -0.2) is 9.97 Å². The largest absolute Gasteiger partial charge is 4.00 e. The molecule has 0 N–H and O–H groups in total. The van der Waals surface area contributed by atoms with E-state index in [4.69, 9.17) is 5.32 Å². The maximum atomic E-state index is 4.77. The number of pyridine rings is 2. The summed E-state index contributed by atoms with van der Waals surface area (Å²) in [6.07, 6.45) is 3.59. The summed E-state index contributed by atoms with van der Waals surface area (Å²) in [7, 11) is 0. The number of nitrogens with zero attached hydrogens (tertiary/aromatic N) is 3. The zero-order valence-electron chi connectivity index (χ0n) is 24.1. The van der Waals surface area contributed by atoms with Crippen molar-refractivity contribution < 1.29 is 25.8 Å². The van der Waals surface area contributed by atoms with Gasteiger partial charge in [-0.3, -0.25) is 9.97 Å². The van der Waals surface area contributed by atoms with Gasteiger partial charge in [-0.15, -0.1) is 47.8 Å². The Labute approximate surface area is 274 Å². The third-order valence-electron chi connectivity index (χ3n) is 5.99. The Morgan fingerprint density at radius 1 is 0.372 bits per heavy atom. The van der Waals surface area contributed by atoms with Crippen molar-refractivity contribution in [2.45, 2.75) is 0 Å². The Bertz CT molecular complexity index is 1600. The van der Waals surface area contributed by atoms with Crippen molar-refractivity contribution in [3.05, 3.63) is 207 Å². The third kappa shape index (κ3) is 10.8. The van der Waals surface area contributed by atoms with E-state index in [-0.39, 0.29) is 25.8 Å². The topological polar surface area (TPSA) is 39.9 Å². The van der Waals surface area contributed by atoms with Crippen LogP contribution in [0.2, 0.25) is 0 Å². The number of aromatic nitrogens is 2. The fourth-order valence-corrected chi connectivity index (χ4v) is 3.92. The molecule has 0 amide bonds. The summed E-state index contributed by atoms with van der Waals surface area (Å²) >= 11 is 0. The first-order valence-corrected chi connectivity index (χ1v) is 13.6. The Balaban J connectivity index is 0.000000188. The Hall–Kier alpha value is -4.80. The molecule has 0 aliphatic rings. The van der Waals surface area contributed by atoms with Crippen molar-refractivity contribution in [1.29, 1.82) is 0 Å². The molecule has 0 aliphatic carbocycles. The summed E-state index contributed by atoms with van der Waals surface area (Å²) in [5.74, 6) is 0. The molecule has 0 radical (unpaired) electrons. The molecule has 0 atom stereocenters. The van der Waals surface area contributed by atoms with E-state index in [1.54, 1.807) is 12.4 Å². The first-order chi connectivity index (χ1) is 20.6. The number of hydrogen-bond donors (Lipinski definition) is 0. The van der Waals surface area contributed by atoms with Crippen LogP contribution >= 0.6 is 0 Å². The molecular formula is C39H33HfN3. The number of hydrogen-bond acceptors (Lipinski definition) is 2. The van der Waals surface area contributed by atoms with Crippen LogP contribution in [0.4, 0.5) is 11.4 Å². The Kier molecular flexibility index (Phi) is 13.6. The molecule has 2 aromatic heterocycles. The van der Waals surface area contributed by atoms with Crippen LogP contribution in [-0.2, 0) is 25.8 Å². The minimum Gasteiger partial charge on any atom is -0.654 e. The van der Waals surface area contributed by atoms with E-state index < -0.39 is 0 Å². The molecule has 0 unspecified atom stereocenters. The van der Waals surface area contributed by atoms with Crippen LogP contribution in [0.5, 0.6) is 0 Å². The van der Waals surface area contributed by atoms with Crippen LogP contribution in [0.3, 0.4) is 0 Å². The summed E-state index contributed by atoms with van der Waals surface area (Å²) in [4.78, 5) is 8.89. The minimum atomic E-state index is 0. The second kappa shape index (κ2) is 17.9. The summed E-state index contributed by atoms with van der Waals surface area (Å²) in [5, 5.41) is 6.95. The number of para-hydroxylation sites is 2. The van der Waals surface area contributed by atoms with Gasteiger partial charge in [0.25, 0.3) is 0 Å². The summed E-state index contributed by atoms with van der Waals surface area (Å²) < 4.78 is 0. The molecular weight excluding hydrogens is 689 g/mol. The van der Waals surface area contributed by atoms with Crippen LogP contribution in [0.15, 0.2) is 164 Å². The van der Waals surface area contributed by atoms with Crippen molar-refractivity contribution >= 4 is 33.2 Å². The molecule has 0 fully saturated rings. The van der Waals surface area contributed by atoms with E-state index in [1.165, 1.54) is 0 Å². The van der Waals surface area contributed by atoms with Gasteiger partial charge in [0, 0.05) is 12.4 Å². The van der Waals surface area contributed by atoms with Crippen LogP contribution in [0.25, 0.3) is 27.1 Å². The van der Waals surface area contributed by atoms with Crippen LogP contribution < -0.4 is 0 Å². The van der Waals surface area contributed by atoms with Gasteiger partial charge in [-0.05, 0) is 22.9 Å². The molecule has 7 aromatic rings. The molecule has 0 saturated carbocycles. The average molecular weight is 722 g/mol. The van der Waals surface area contributed by atoms with Gasteiger partial charge in [-0.25, -0.2) is 0 Å². The van der Waals surface area contributed by atoms with Gasteiger partial charge >= 0.3 is 25.8 Å². The molecule has 3 nitrogen and oxygen atoms in total. The molecule has 208 valence electrons. The zero-order chi connectivity index (χ0) is 29.4. The Morgan fingerprint density at radius 3 is 1.00 bits per heavy atom. The van der Waals surface area contributed by atoms with Gasteiger partial charge in [0.2, 0.25) is 0 Å². The van der Waals surface area contributed by atoms with Gasteiger partial charge < -0.3 is 5.32 Å². The first kappa shape index (κ1) is 32.7. The second-order valence-electron chi connectivity index (χ2n) is 9.27. The van der Waals surface area contributed by atoms with E-state index in [9.17, 15) is 0 Å². The van der Waals surface area contributed by atoms with E-state index >= 15 is 0 Å². The second-order valence-corrected chi connectivity index (χ2v) is 9.27. The molecule has 5 aromatic carbocycles. The average Bonchev–Trinajstić information content (AvgIpc) is 3.04. The minimum absolute atomic E-state index is 0. The fraction of sp³-hybridized carbons (Fsp3) is 0. The van der Waals surface area contributed by atoms with Crippen molar-refractivity contribution in [3.63, 3.8) is 0 Å². The van der Waals surface area contributed by atoms with Gasteiger partial charge in [-0.2, -0.15) is 73.9 Å². The van der Waals surface area contributed by atoms with E-state index in [0.29, 0.717) is 0 Å². The van der Waals surface area contributed by atoms with Crippen molar-refractivity contribution in [3.8, 4) is 0 Å². The molecule has 0 bridgehead atoms. The molecule has 7 rings (SSSR count). The quantitative estimate of drug-likeness (QED) is 0.132. The predicted molar refractivity (Wildman–Crippen MR) is 179 cm³/mol. The van der Waals surface area contributed by atoms with E-state index in [1.807, 2.05) is 152 Å².